The number of benzene rings is 1. The summed E-state index contributed by atoms with van der Waals surface area (Å²) in [5.74, 6) is -1.11. The van der Waals surface area contributed by atoms with Gasteiger partial charge in [-0.25, -0.2) is 0 Å². The van der Waals surface area contributed by atoms with Crippen LogP contribution in [0.5, 0.6) is 0 Å². The molecule has 0 radical (unpaired) electrons. The highest BCUT2D eigenvalue weighted by Crippen LogP contribution is 2.25. The number of nitrogens with one attached hydrogen (secondary N) is 2. The third-order valence-corrected chi connectivity index (χ3v) is 5.19. The summed E-state index contributed by atoms with van der Waals surface area (Å²) in [5.41, 5.74) is 1.27. The summed E-state index contributed by atoms with van der Waals surface area (Å²) < 4.78 is 0. The van der Waals surface area contributed by atoms with Crippen LogP contribution in [0, 0.1) is 5.92 Å². The highest BCUT2D eigenvalue weighted by Gasteiger charge is 2.29. The van der Waals surface area contributed by atoms with E-state index in [2.05, 4.69) is 15.5 Å². The zero-order chi connectivity index (χ0) is 19.4. The van der Waals surface area contributed by atoms with Crippen molar-refractivity contribution in [1.82, 2.24) is 10.6 Å². The number of hydrogen-bond donors (Lipinski definition) is 3. The number of carbonyl (C=O) groups excluding carboxylic acids is 4. The van der Waals surface area contributed by atoms with Crippen molar-refractivity contribution in [2.45, 2.75) is 31.7 Å². The van der Waals surface area contributed by atoms with E-state index in [1.165, 1.54) is 0 Å². The van der Waals surface area contributed by atoms with Gasteiger partial charge in [0.25, 0.3) is 5.91 Å². The molecule has 2 heterocycles. The standard InChI is InChI=1S/C19H23N3O5/c23-10-12-5-7-22(8-6-12)14-2-1-13(11-24)15(9-14)18(26)20-16-3-4-17(25)21-19(16)27/h1-2,9,11-12,16,23H,3-8,10H2,(H,20,26)(H,21,25,27). The summed E-state index contributed by atoms with van der Waals surface area (Å²) in [7, 11) is 0. The van der Waals surface area contributed by atoms with Gasteiger partial charge in [0.15, 0.2) is 6.29 Å². The fraction of sp³-hybridized carbons (Fsp3) is 0.474. The predicted octanol–water partition coefficient (Wildman–Crippen LogP) is 0.243. The van der Waals surface area contributed by atoms with E-state index in [4.69, 9.17) is 0 Å². The zero-order valence-corrected chi connectivity index (χ0v) is 14.9. The number of imide groups is 1. The molecule has 3 N–H and O–H groups in total. The highest BCUT2D eigenvalue weighted by molar-refractivity contribution is 6.06. The molecule has 2 saturated heterocycles. The summed E-state index contributed by atoms with van der Waals surface area (Å²) in [5, 5.41) is 14.1. The molecule has 0 spiro atoms. The molecule has 3 rings (SSSR count). The Morgan fingerprint density at radius 3 is 2.63 bits per heavy atom. The second kappa shape index (κ2) is 8.30. The van der Waals surface area contributed by atoms with E-state index in [1.807, 2.05) is 0 Å². The van der Waals surface area contributed by atoms with Crippen LogP contribution in [0.15, 0.2) is 18.2 Å². The lowest BCUT2D eigenvalue weighted by Gasteiger charge is -2.33. The van der Waals surface area contributed by atoms with E-state index in [-0.39, 0.29) is 36.5 Å². The molecule has 0 saturated carbocycles. The number of anilines is 1. The average Bonchev–Trinajstić information content (AvgIpc) is 2.69. The maximum Gasteiger partial charge on any atom is 0.252 e. The Bertz CT molecular complexity index is 756. The molecule has 0 aliphatic carbocycles. The maximum atomic E-state index is 12.7. The number of carbonyl (C=O) groups is 4. The first-order chi connectivity index (χ1) is 13.0. The third-order valence-electron chi connectivity index (χ3n) is 5.19. The van der Waals surface area contributed by atoms with Gasteiger partial charge in [-0.15, -0.1) is 0 Å². The van der Waals surface area contributed by atoms with E-state index >= 15 is 0 Å². The minimum absolute atomic E-state index is 0.164. The summed E-state index contributed by atoms with van der Waals surface area (Å²) >= 11 is 0. The van der Waals surface area contributed by atoms with Gasteiger partial charge in [-0.3, -0.25) is 24.5 Å². The number of nitrogens with zero attached hydrogens (tertiary/aromatic N) is 1. The number of aliphatic hydroxyl groups excluding tert-OH is 1. The summed E-state index contributed by atoms with van der Waals surface area (Å²) in [6.07, 6.45) is 2.74. The first-order valence-corrected chi connectivity index (χ1v) is 9.11. The van der Waals surface area contributed by atoms with Crippen molar-refractivity contribution in [2.24, 2.45) is 5.92 Å². The molecule has 2 fully saturated rings. The summed E-state index contributed by atoms with van der Waals surface area (Å²) in [6.45, 7) is 1.71. The predicted molar refractivity (Wildman–Crippen MR) is 97.5 cm³/mol. The monoisotopic (exact) mass is 373 g/mol. The van der Waals surface area contributed by atoms with Crippen LogP contribution in [-0.2, 0) is 9.59 Å². The van der Waals surface area contributed by atoms with E-state index in [1.54, 1.807) is 18.2 Å². The van der Waals surface area contributed by atoms with Gasteiger partial charge in [-0.2, -0.15) is 0 Å². The number of aliphatic hydroxyl groups is 1. The van der Waals surface area contributed by atoms with Gasteiger partial charge in [0.2, 0.25) is 11.8 Å². The molecule has 8 heteroatoms. The van der Waals surface area contributed by atoms with Crippen molar-refractivity contribution < 1.29 is 24.3 Å². The quantitative estimate of drug-likeness (QED) is 0.503. The third kappa shape index (κ3) is 4.33. The Morgan fingerprint density at radius 2 is 2.00 bits per heavy atom. The minimum Gasteiger partial charge on any atom is -0.396 e. The molecular weight excluding hydrogens is 350 g/mol. The maximum absolute atomic E-state index is 12.7. The Labute approximate surface area is 156 Å². The van der Waals surface area contributed by atoms with Crippen molar-refractivity contribution in [1.29, 1.82) is 0 Å². The SMILES string of the molecule is O=Cc1ccc(N2CCC(CO)CC2)cc1C(=O)NC1CCC(=O)NC1=O. The van der Waals surface area contributed by atoms with E-state index in [0.29, 0.717) is 12.2 Å². The van der Waals surface area contributed by atoms with Gasteiger partial charge < -0.3 is 15.3 Å². The molecule has 2 aliphatic heterocycles. The van der Waals surface area contributed by atoms with Gasteiger partial charge in [0.05, 0.1) is 5.56 Å². The second-order valence-corrected chi connectivity index (χ2v) is 6.98. The van der Waals surface area contributed by atoms with Gasteiger partial charge in [-0.1, -0.05) is 0 Å². The fourth-order valence-electron chi connectivity index (χ4n) is 3.48. The molecule has 3 amide bonds. The second-order valence-electron chi connectivity index (χ2n) is 6.98. The molecule has 2 aliphatic rings. The fourth-order valence-corrected chi connectivity index (χ4v) is 3.48. The van der Waals surface area contributed by atoms with Gasteiger partial charge in [-0.05, 0) is 43.4 Å². The molecular formula is C19H23N3O5. The molecule has 1 atom stereocenters. The van der Waals surface area contributed by atoms with Crippen molar-refractivity contribution >= 4 is 29.7 Å². The van der Waals surface area contributed by atoms with Crippen LogP contribution in [0.3, 0.4) is 0 Å². The van der Waals surface area contributed by atoms with Crippen molar-refractivity contribution in [2.75, 3.05) is 24.6 Å². The molecule has 1 unspecified atom stereocenters. The minimum atomic E-state index is -0.793. The Kier molecular flexibility index (Phi) is 5.85. The first kappa shape index (κ1) is 19.0. The van der Waals surface area contributed by atoms with Crippen LogP contribution < -0.4 is 15.5 Å². The molecule has 144 valence electrons. The van der Waals surface area contributed by atoms with Crippen LogP contribution in [-0.4, -0.2) is 54.9 Å². The smallest absolute Gasteiger partial charge is 0.252 e. The van der Waals surface area contributed by atoms with Crippen LogP contribution in [0.2, 0.25) is 0 Å². The molecule has 1 aromatic rings. The first-order valence-electron chi connectivity index (χ1n) is 9.11. The van der Waals surface area contributed by atoms with Crippen LogP contribution >= 0.6 is 0 Å². The Balaban J connectivity index is 1.75. The van der Waals surface area contributed by atoms with E-state index in [9.17, 15) is 24.3 Å². The number of aldehydes is 1. The molecule has 1 aromatic carbocycles. The van der Waals surface area contributed by atoms with Crippen LogP contribution in [0.1, 0.15) is 46.4 Å². The normalized spacial score (nSPS) is 20.9. The molecule has 0 aromatic heterocycles. The van der Waals surface area contributed by atoms with Crippen molar-refractivity contribution in [3.8, 4) is 0 Å². The average molecular weight is 373 g/mol. The summed E-state index contributed by atoms with van der Waals surface area (Å²) in [4.78, 5) is 49.2. The van der Waals surface area contributed by atoms with E-state index < -0.39 is 17.9 Å². The molecule has 0 bridgehead atoms. The zero-order valence-electron chi connectivity index (χ0n) is 14.9. The van der Waals surface area contributed by atoms with Crippen LogP contribution in [0.25, 0.3) is 0 Å². The summed E-state index contributed by atoms with van der Waals surface area (Å²) in [6, 6.07) is 4.26. The van der Waals surface area contributed by atoms with Crippen LogP contribution in [0.4, 0.5) is 5.69 Å². The largest absolute Gasteiger partial charge is 0.396 e. The lowest BCUT2D eigenvalue weighted by atomic mass is 9.97. The highest BCUT2D eigenvalue weighted by atomic mass is 16.3. The lowest BCUT2D eigenvalue weighted by molar-refractivity contribution is -0.134. The van der Waals surface area contributed by atoms with Gasteiger partial charge in [0, 0.05) is 37.4 Å². The Morgan fingerprint density at radius 1 is 1.26 bits per heavy atom. The van der Waals surface area contributed by atoms with Gasteiger partial charge in [0.1, 0.15) is 6.04 Å². The van der Waals surface area contributed by atoms with Crippen molar-refractivity contribution in [3.63, 3.8) is 0 Å². The lowest BCUT2D eigenvalue weighted by Crippen LogP contribution is -2.52. The number of piperidine rings is 2. The van der Waals surface area contributed by atoms with Gasteiger partial charge >= 0.3 is 0 Å². The number of rotatable bonds is 5. The molecule has 27 heavy (non-hydrogen) atoms. The van der Waals surface area contributed by atoms with Crippen molar-refractivity contribution in [3.05, 3.63) is 29.3 Å². The number of amides is 3. The van der Waals surface area contributed by atoms with E-state index in [0.717, 1.165) is 31.6 Å². The number of hydrogen-bond acceptors (Lipinski definition) is 6. The topological polar surface area (TPSA) is 116 Å². The Hall–Kier alpha value is -2.74. The molecule has 8 nitrogen and oxygen atoms in total.